The molecule has 0 bridgehead atoms. The Labute approximate surface area is 140 Å². The fourth-order valence-electron chi connectivity index (χ4n) is 2.68. The lowest BCUT2D eigenvalue weighted by Crippen LogP contribution is -2.09. The van der Waals surface area contributed by atoms with Crippen LogP contribution in [0.15, 0.2) is 51.8 Å². The molecule has 0 amide bonds. The number of pyridine rings is 1. The van der Waals surface area contributed by atoms with Crippen LogP contribution in [0, 0.1) is 12.7 Å². The van der Waals surface area contributed by atoms with Crippen molar-refractivity contribution in [3.63, 3.8) is 0 Å². The Morgan fingerprint density at radius 3 is 2.84 bits per heavy atom. The molecule has 0 saturated carbocycles. The van der Waals surface area contributed by atoms with Gasteiger partial charge in [0.1, 0.15) is 17.1 Å². The molecule has 0 aliphatic heterocycles. The van der Waals surface area contributed by atoms with Crippen molar-refractivity contribution < 1.29 is 14.0 Å². The summed E-state index contributed by atoms with van der Waals surface area (Å²) in [7, 11) is 0. The average Bonchev–Trinajstić information content (AvgIpc) is 3.04. The number of halogens is 1. The van der Waals surface area contributed by atoms with Gasteiger partial charge < -0.3 is 14.6 Å². The Hall–Kier alpha value is -3.48. The molecular weight excluding hydrogens is 325 g/mol. The first-order valence-electron chi connectivity index (χ1n) is 7.48. The van der Waals surface area contributed by atoms with Crippen LogP contribution >= 0.6 is 0 Å². The lowest BCUT2D eigenvalue weighted by molar-refractivity contribution is 0.426. The predicted octanol–water partition coefficient (Wildman–Crippen LogP) is 3.40. The standard InChI is InChI=1S/C18H12FN3O3/c1-9-3-2-4-10(7-9)16-21-18(25-22-16)14-15(23)12-6-5-11(19)8-13(12)20-17(14)24/h2-8H,1H3,(H2,20,23,24). The van der Waals surface area contributed by atoms with Gasteiger partial charge in [-0.05, 0) is 31.2 Å². The molecular formula is C18H12FN3O3. The van der Waals surface area contributed by atoms with E-state index in [4.69, 9.17) is 4.52 Å². The van der Waals surface area contributed by atoms with E-state index in [2.05, 4.69) is 15.1 Å². The summed E-state index contributed by atoms with van der Waals surface area (Å²) in [5, 5.41) is 14.6. The number of H-pyrrole nitrogens is 1. The van der Waals surface area contributed by atoms with Crippen molar-refractivity contribution in [2.75, 3.05) is 0 Å². The first-order valence-corrected chi connectivity index (χ1v) is 7.48. The topological polar surface area (TPSA) is 92.0 Å². The van der Waals surface area contributed by atoms with Gasteiger partial charge in [-0.1, -0.05) is 28.9 Å². The number of aromatic hydroxyl groups is 1. The largest absolute Gasteiger partial charge is 0.506 e. The van der Waals surface area contributed by atoms with Crippen LogP contribution in [-0.4, -0.2) is 20.2 Å². The van der Waals surface area contributed by atoms with Crippen LogP contribution in [0.5, 0.6) is 5.75 Å². The molecule has 0 radical (unpaired) electrons. The molecule has 0 aliphatic rings. The molecule has 4 aromatic rings. The van der Waals surface area contributed by atoms with Crippen LogP contribution in [0.4, 0.5) is 4.39 Å². The zero-order valence-corrected chi connectivity index (χ0v) is 13.1. The van der Waals surface area contributed by atoms with Crippen molar-refractivity contribution in [3.8, 4) is 28.6 Å². The van der Waals surface area contributed by atoms with E-state index < -0.39 is 11.4 Å². The maximum Gasteiger partial charge on any atom is 0.267 e. The normalized spacial score (nSPS) is 11.1. The fourth-order valence-corrected chi connectivity index (χ4v) is 2.68. The summed E-state index contributed by atoms with van der Waals surface area (Å²) < 4.78 is 18.5. The van der Waals surface area contributed by atoms with Gasteiger partial charge in [-0.15, -0.1) is 0 Å². The molecule has 7 heteroatoms. The van der Waals surface area contributed by atoms with Gasteiger partial charge in [0.15, 0.2) is 0 Å². The first-order chi connectivity index (χ1) is 12.0. The molecule has 0 aliphatic carbocycles. The Kier molecular flexibility index (Phi) is 3.35. The summed E-state index contributed by atoms with van der Waals surface area (Å²) in [6.07, 6.45) is 0. The van der Waals surface area contributed by atoms with Crippen LogP contribution in [-0.2, 0) is 0 Å². The third-order valence-corrected chi connectivity index (χ3v) is 3.86. The van der Waals surface area contributed by atoms with Gasteiger partial charge in [0, 0.05) is 10.9 Å². The van der Waals surface area contributed by atoms with Crippen LogP contribution in [0.3, 0.4) is 0 Å². The molecule has 4 rings (SSSR count). The summed E-state index contributed by atoms with van der Waals surface area (Å²) in [5.74, 6) is -0.661. The lowest BCUT2D eigenvalue weighted by Gasteiger charge is -2.04. The third-order valence-electron chi connectivity index (χ3n) is 3.86. The van der Waals surface area contributed by atoms with E-state index in [1.165, 1.54) is 12.1 Å². The van der Waals surface area contributed by atoms with E-state index >= 15 is 0 Å². The smallest absolute Gasteiger partial charge is 0.267 e. The van der Waals surface area contributed by atoms with Crippen LogP contribution in [0.2, 0.25) is 0 Å². The molecule has 6 nitrogen and oxygen atoms in total. The Morgan fingerprint density at radius 2 is 2.04 bits per heavy atom. The quantitative estimate of drug-likeness (QED) is 0.585. The van der Waals surface area contributed by atoms with Gasteiger partial charge in [-0.3, -0.25) is 4.79 Å². The number of fused-ring (bicyclic) bond motifs is 1. The lowest BCUT2D eigenvalue weighted by atomic mass is 10.1. The zero-order chi connectivity index (χ0) is 17.6. The van der Waals surface area contributed by atoms with Gasteiger partial charge in [-0.2, -0.15) is 4.98 Å². The van der Waals surface area contributed by atoms with Gasteiger partial charge in [-0.25, -0.2) is 4.39 Å². The average molecular weight is 337 g/mol. The Balaban J connectivity index is 1.88. The van der Waals surface area contributed by atoms with E-state index in [0.717, 1.165) is 17.2 Å². The number of hydrogen-bond acceptors (Lipinski definition) is 5. The van der Waals surface area contributed by atoms with Crippen LogP contribution in [0.1, 0.15) is 5.56 Å². The minimum Gasteiger partial charge on any atom is -0.506 e. The summed E-state index contributed by atoms with van der Waals surface area (Å²) >= 11 is 0. The molecule has 0 fully saturated rings. The number of aromatic nitrogens is 3. The summed E-state index contributed by atoms with van der Waals surface area (Å²) in [6, 6.07) is 11.2. The highest BCUT2D eigenvalue weighted by atomic mass is 19.1. The van der Waals surface area contributed by atoms with E-state index in [0.29, 0.717) is 5.82 Å². The maximum absolute atomic E-state index is 13.3. The number of benzene rings is 2. The highest BCUT2D eigenvalue weighted by molar-refractivity contribution is 5.90. The highest BCUT2D eigenvalue weighted by Gasteiger charge is 2.20. The molecule has 2 aromatic carbocycles. The third kappa shape index (κ3) is 2.55. The molecule has 0 atom stereocenters. The number of rotatable bonds is 2. The summed E-state index contributed by atoms with van der Waals surface area (Å²) in [6.45, 7) is 1.93. The molecule has 124 valence electrons. The second-order valence-electron chi connectivity index (χ2n) is 5.66. The molecule has 2 heterocycles. The number of aryl methyl sites for hydroxylation is 1. The van der Waals surface area contributed by atoms with E-state index in [1.807, 2.05) is 31.2 Å². The molecule has 2 N–H and O–H groups in total. The van der Waals surface area contributed by atoms with Crippen LogP contribution in [0.25, 0.3) is 33.7 Å². The van der Waals surface area contributed by atoms with Crippen molar-refractivity contribution in [1.82, 2.24) is 15.1 Å². The minimum absolute atomic E-state index is 0.110. The van der Waals surface area contributed by atoms with Crippen LogP contribution < -0.4 is 5.56 Å². The summed E-state index contributed by atoms with van der Waals surface area (Å²) in [5.41, 5.74) is 1.15. The maximum atomic E-state index is 13.3. The van der Waals surface area contributed by atoms with E-state index in [-0.39, 0.29) is 28.1 Å². The van der Waals surface area contributed by atoms with Crippen molar-refractivity contribution in [1.29, 1.82) is 0 Å². The van der Waals surface area contributed by atoms with Crippen molar-refractivity contribution in [3.05, 3.63) is 64.2 Å². The van der Waals surface area contributed by atoms with Gasteiger partial charge in [0.05, 0.1) is 5.52 Å². The first kappa shape index (κ1) is 15.1. The molecule has 0 saturated heterocycles. The zero-order valence-electron chi connectivity index (χ0n) is 13.1. The van der Waals surface area contributed by atoms with Gasteiger partial charge in [0.2, 0.25) is 5.82 Å². The molecule has 2 aromatic heterocycles. The highest BCUT2D eigenvalue weighted by Crippen LogP contribution is 2.32. The Bertz CT molecular complexity index is 1160. The van der Waals surface area contributed by atoms with Gasteiger partial charge in [0.25, 0.3) is 11.4 Å². The van der Waals surface area contributed by atoms with Crippen molar-refractivity contribution in [2.24, 2.45) is 0 Å². The monoisotopic (exact) mass is 337 g/mol. The molecule has 0 unspecified atom stereocenters. The Morgan fingerprint density at radius 1 is 1.20 bits per heavy atom. The number of nitrogens with one attached hydrogen (secondary N) is 1. The minimum atomic E-state index is -0.643. The van der Waals surface area contributed by atoms with E-state index in [1.54, 1.807) is 0 Å². The van der Waals surface area contributed by atoms with Gasteiger partial charge >= 0.3 is 0 Å². The van der Waals surface area contributed by atoms with Crippen molar-refractivity contribution in [2.45, 2.75) is 6.92 Å². The van der Waals surface area contributed by atoms with E-state index in [9.17, 15) is 14.3 Å². The number of hydrogen-bond donors (Lipinski definition) is 2. The number of nitrogens with zero attached hydrogens (tertiary/aromatic N) is 2. The molecule has 0 spiro atoms. The second kappa shape index (κ2) is 5.55. The molecule has 25 heavy (non-hydrogen) atoms. The fraction of sp³-hybridized carbons (Fsp3) is 0.0556. The SMILES string of the molecule is Cc1cccc(-c2noc(-c3c(O)c4ccc(F)cc4[nH]c3=O)n2)c1. The predicted molar refractivity (Wildman–Crippen MR) is 89.7 cm³/mol. The summed E-state index contributed by atoms with van der Waals surface area (Å²) in [4.78, 5) is 19.0. The van der Waals surface area contributed by atoms with Crippen molar-refractivity contribution >= 4 is 10.9 Å². The number of aromatic amines is 1. The second-order valence-corrected chi connectivity index (χ2v) is 5.66.